The van der Waals surface area contributed by atoms with Crippen LogP contribution in [-0.4, -0.2) is 6.71 Å². The van der Waals surface area contributed by atoms with Gasteiger partial charge in [-0.05, 0) is 142 Å². The van der Waals surface area contributed by atoms with Crippen LogP contribution in [0.25, 0.3) is 22.3 Å². The summed E-state index contributed by atoms with van der Waals surface area (Å²) in [5.41, 5.74) is -6.35. The van der Waals surface area contributed by atoms with Crippen LogP contribution in [0.2, 0.25) is 0 Å². The predicted molar refractivity (Wildman–Crippen MR) is 224 cm³/mol. The summed E-state index contributed by atoms with van der Waals surface area (Å²) < 4.78 is 238. The Balaban J connectivity index is 1.39. The third kappa shape index (κ3) is 4.87. The molecule has 0 saturated heterocycles. The second-order valence-electron chi connectivity index (χ2n) is 13.8. The number of fused-ring (bicyclic) bond motifs is 7. The first-order chi connectivity index (χ1) is 37.1. The fourth-order valence-electron chi connectivity index (χ4n) is 8.69. The van der Waals surface area contributed by atoms with Crippen LogP contribution in [0, 0.1) is 5.92 Å². The van der Waals surface area contributed by atoms with Crippen LogP contribution in [0.3, 0.4) is 0 Å². The van der Waals surface area contributed by atoms with E-state index in [4.69, 9.17) is 20.6 Å². The molecule has 5 aliphatic rings. The van der Waals surface area contributed by atoms with E-state index in [1.165, 1.54) is 0 Å². The zero-order chi connectivity index (χ0) is 57.6. The highest BCUT2D eigenvalue weighted by Gasteiger charge is 2.47. The van der Waals surface area contributed by atoms with Crippen LogP contribution in [-0.2, 0) is 5.41 Å². The van der Waals surface area contributed by atoms with Gasteiger partial charge in [0.15, 0.2) is 0 Å². The highest BCUT2D eigenvalue weighted by atomic mass is 15.2. The van der Waals surface area contributed by atoms with Gasteiger partial charge in [-0.1, -0.05) is 121 Å². The predicted octanol–water partition coefficient (Wildman–Crippen LogP) is 11.3. The number of hydrogen-bond donors (Lipinski definition) is 0. The maximum absolute atomic E-state index is 10.3. The molecule has 53 heavy (non-hydrogen) atoms. The van der Waals surface area contributed by atoms with Gasteiger partial charge in [0.25, 0.3) is 6.71 Å². The van der Waals surface area contributed by atoms with Crippen molar-refractivity contribution < 1.29 is 35.6 Å². The third-order valence-corrected chi connectivity index (χ3v) is 11.2. The molecule has 0 spiro atoms. The van der Waals surface area contributed by atoms with Crippen molar-refractivity contribution in [1.29, 1.82) is 0 Å². The van der Waals surface area contributed by atoms with Gasteiger partial charge in [-0.15, -0.1) is 0 Å². The van der Waals surface area contributed by atoms with Crippen molar-refractivity contribution in [3.63, 3.8) is 0 Å². The van der Waals surface area contributed by atoms with Crippen molar-refractivity contribution >= 4 is 57.2 Å². The van der Waals surface area contributed by atoms with E-state index in [1.807, 2.05) is 0 Å². The lowest BCUT2D eigenvalue weighted by Crippen LogP contribution is -2.61. The van der Waals surface area contributed by atoms with E-state index in [0.717, 1.165) is 29.1 Å². The second-order valence-corrected chi connectivity index (χ2v) is 13.8. The van der Waals surface area contributed by atoms with Crippen LogP contribution in [0.5, 0.6) is 0 Å². The van der Waals surface area contributed by atoms with Gasteiger partial charge in [-0.25, -0.2) is 0 Å². The highest BCUT2D eigenvalue weighted by molar-refractivity contribution is 7.00. The SMILES string of the molecule is [2H]c1c([2H])c([2H])c(-c2c([2H])c([2H])c(N3c4cc(C56CCC(CC5)CC6)cc5c4B(c4c([2H])c([2H])c([2H])c([2H])c4N5c4c([2H])c([2H])c([2H])c([2H])c4[2H])c4c([2H])c(-c5c([2H])c([2H])c([2H])c([2H])c5[2H])c([2H])c([2H])c43)c([2H])c2[2H])c([2H])c1[2H]. The molecule has 254 valence electrons. The fraction of sp³-hybridized carbons (Fsp3) is 0.160. The van der Waals surface area contributed by atoms with E-state index in [0.29, 0.717) is 30.7 Å². The number of para-hydroxylation sites is 2. The van der Waals surface area contributed by atoms with Crippen molar-refractivity contribution in [2.45, 2.75) is 43.9 Å². The molecule has 2 aliphatic heterocycles. The molecule has 0 N–H and O–H groups in total. The monoisotopic (exact) mass is 706 g/mol. The summed E-state index contributed by atoms with van der Waals surface area (Å²) in [4.78, 5) is 2.20. The average Bonchev–Trinajstić information content (AvgIpc) is 2.19. The molecule has 7 aromatic rings. The highest BCUT2D eigenvalue weighted by Crippen LogP contribution is 2.54. The molecule has 3 aliphatic carbocycles. The zero-order valence-electron chi connectivity index (χ0n) is 53.9. The van der Waals surface area contributed by atoms with Crippen molar-refractivity contribution in [1.82, 2.24) is 0 Å². The van der Waals surface area contributed by atoms with E-state index in [2.05, 4.69) is 0 Å². The number of benzene rings is 7. The average molecular weight is 707 g/mol. The minimum atomic E-state index is -1.73. The van der Waals surface area contributed by atoms with Gasteiger partial charge >= 0.3 is 0 Å². The molecule has 7 aromatic carbocycles. The molecule has 3 fully saturated rings. The van der Waals surface area contributed by atoms with Gasteiger partial charge < -0.3 is 9.80 Å². The van der Waals surface area contributed by atoms with Gasteiger partial charge in [0.05, 0.1) is 35.6 Å². The topological polar surface area (TPSA) is 6.48 Å². The summed E-state index contributed by atoms with van der Waals surface area (Å²) in [5, 5.41) is 0. The lowest BCUT2D eigenvalue weighted by molar-refractivity contribution is 0.136. The molecular formula is C50H41BN2. The molecule has 0 atom stereocenters. The lowest BCUT2D eigenvalue weighted by atomic mass is 9.33. The summed E-state index contributed by atoms with van der Waals surface area (Å²) in [6.45, 7) is -1.73. The first kappa shape index (κ1) is 14.6. The molecule has 2 nitrogen and oxygen atoms in total. The van der Waals surface area contributed by atoms with Gasteiger partial charge in [0.2, 0.25) is 0 Å². The van der Waals surface area contributed by atoms with Crippen LogP contribution in [0.15, 0.2) is 169 Å². The Bertz CT molecular complexity index is 3860. The van der Waals surface area contributed by atoms with Crippen molar-refractivity contribution in [3.05, 3.63) is 175 Å². The summed E-state index contributed by atoms with van der Waals surface area (Å²) in [5.74, 6) is 0.397. The Labute approximate surface area is 350 Å². The normalized spacial score (nSPS) is 26.3. The molecule has 2 bridgehead atoms. The summed E-state index contributed by atoms with van der Waals surface area (Å²) in [6.07, 6.45) is 4.16. The standard InChI is InChI=1S/C50H41BN2/c1-4-12-36(13-5-1)38-20-23-42(24-21-38)53-46-25-22-39(37-14-6-2-7-15-37)32-44(46)51-43-18-10-11-19-45(43)52(41-16-8-3-9-17-41)47-33-40(34-48(53)49(47)51)50-29-26-35(27-30-50)28-31-50/h1-25,32-35H,26-31H2/i1D,2D,3D,4D,5D,6D,7D,8D,9D,10D,11D,12D,13D,14D,15D,16D,17D,18D,19D,20D,21D,22D,23D,24D,25D,32D. The van der Waals surface area contributed by atoms with E-state index < -0.39 is 225 Å². The van der Waals surface area contributed by atoms with Crippen LogP contribution in [0.4, 0.5) is 34.1 Å². The van der Waals surface area contributed by atoms with Crippen molar-refractivity contribution in [2.75, 3.05) is 9.80 Å². The van der Waals surface area contributed by atoms with Gasteiger partial charge in [-0.3, -0.25) is 0 Å². The van der Waals surface area contributed by atoms with Crippen LogP contribution >= 0.6 is 0 Å². The molecular weight excluding hydrogens is 639 g/mol. The van der Waals surface area contributed by atoms with E-state index in [9.17, 15) is 15.1 Å². The van der Waals surface area contributed by atoms with E-state index in [1.54, 1.807) is 12.1 Å². The summed E-state index contributed by atoms with van der Waals surface area (Å²) >= 11 is 0. The molecule has 12 rings (SSSR count). The number of hydrogen-bond acceptors (Lipinski definition) is 2. The van der Waals surface area contributed by atoms with Crippen LogP contribution < -0.4 is 26.2 Å². The van der Waals surface area contributed by atoms with Crippen LogP contribution in [0.1, 0.15) is 79.7 Å². The first-order valence-corrected chi connectivity index (χ1v) is 17.4. The van der Waals surface area contributed by atoms with Crippen molar-refractivity contribution in [2.24, 2.45) is 5.92 Å². The lowest BCUT2D eigenvalue weighted by Gasteiger charge is -2.49. The Morgan fingerprint density at radius 2 is 0.962 bits per heavy atom. The fourth-order valence-corrected chi connectivity index (χ4v) is 8.69. The number of rotatable bonds is 5. The number of nitrogens with zero attached hydrogens (tertiary/aromatic N) is 2. The Morgan fingerprint density at radius 1 is 0.472 bits per heavy atom. The number of anilines is 6. The van der Waals surface area contributed by atoms with E-state index >= 15 is 0 Å². The minimum Gasteiger partial charge on any atom is -0.311 e. The van der Waals surface area contributed by atoms with E-state index in [-0.39, 0.29) is 16.8 Å². The molecule has 0 amide bonds. The van der Waals surface area contributed by atoms with Crippen molar-refractivity contribution in [3.8, 4) is 22.3 Å². The molecule has 0 unspecified atom stereocenters. The maximum Gasteiger partial charge on any atom is 0.252 e. The Kier molecular flexibility index (Phi) is 3.33. The molecule has 0 aromatic heterocycles. The minimum absolute atomic E-state index is 0.0920. The molecule has 0 radical (unpaired) electrons. The first-order valence-electron chi connectivity index (χ1n) is 30.4. The zero-order valence-corrected chi connectivity index (χ0v) is 27.9. The smallest absolute Gasteiger partial charge is 0.252 e. The van der Waals surface area contributed by atoms with Gasteiger partial charge in [0, 0.05) is 34.1 Å². The summed E-state index contributed by atoms with van der Waals surface area (Å²) in [6, 6.07) is -18.8. The quantitative estimate of drug-likeness (QED) is 0.164. The maximum atomic E-state index is 10.3. The molecule has 3 saturated carbocycles. The molecule has 2 heterocycles. The summed E-state index contributed by atoms with van der Waals surface area (Å²) in [7, 11) is 0. The Morgan fingerprint density at radius 3 is 1.60 bits per heavy atom. The second kappa shape index (κ2) is 12.1. The van der Waals surface area contributed by atoms with Gasteiger partial charge in [0.1, 0.15) is 0 Å². The Hall–Kier alpha value is -5.80. The third-order valence-electron chi connectivity index (χ3n) is 11.2. The van der Waals surface area contributed by atoms with Gasteiger partial charge in [-0.2, -0.15) is 0 Å². The largest absolute Gasteiger partial charge is 0.311 e. The molecule has 3 heteroatoms.